The lowest BCUT2D eigenvalue weighted by Crippen LogP contribution is -2.27. The molecular formula is C16H25N5O2. The Labute approximate surface area is 136 Å². The van der Waals surface area contributed by atoms with Crippen LogP contribution in [0.25, 0.3) is 5.65 Å². The van der Waals surface area contributed by atoms with Gasteiger partial charge in [0, 0.05) is 37.7 Å². The molecule has 3 heterocycles. The van der Waals surface area contributed by atoms with E-state index in [1.807, 2.05) is 12.1 Å². The molecule has 126 valence electrons. The summed E-state index contributed by atoms with van der Waals surface area (Å²) in [6.07, 6.45) is 1.01. The van der Waals surface area contributed by atoms with Crippen molar-refractivity contribution < 1.29 is 9.84 Å². The molecule has 0 radical (unpaired) electrons. The lowest BCUT2D eigenvalue weighted by molar-refractivity contribution is 0.145. The summed E-state index contributed by atoms with van der Waals surface area (Å²) in [6.45, 7) is 8.63. The third-order valence-electron chi connectivity index (χ3n) is 4.35. The van der Waals surface area contributed by atoms with E-state index in [1.54, 1.807) is 4.52 Å². The monoisotopic (exact) mass is 319 g/mol. The maximum atomic E-state index is 9.61. The molecule has 0 saturated carbocycles. The molecule has 1 saturated heterocycles. The average Bonchev–Trinajstić information content (AvgIpc) is 3.16. The van der Waals surface area contributed by atoms with Gasteiger partial charge < -0.3 is 15.2 Å². The van der Waals surface area contributed by atoms with E-state index < -0.39 is 0 Å². The number of nitrogens with one attached hydrogen (secondary N) is 1. The molecule has 7 heteroatoms. The van der Waals surface area contributed by atoms with Gasteiger partial charge in [-0.3, -0.25) is 0 Å². The van der Waals surface area contributed by atoms with Crippen LogP contribution >= 0.6 is 0 Å². The highest BCUT2D eigenvalue weighted by Crippen LogP contribution is 2.23. The number of hydrogen-bond donors (Lipinski definition) is 2. The fourth-order valence-electron chi connectivity index (χ4n) is 2.89. The van der Waals surface area contributed by atoms with Gasteiger partial charge in [-0.1, -0.05) is 20.8 Å². The molecule has 3 rings (SSSR count). The lowest BCUT2D eigenvalue weighted by Gasteiger charge is -2.21. The van der Waals surface area contributed by atoms with Gasteiger partial charge in [-0.2, -0.15) is 4.52 Å². The van der Waals surface area contributed by atoms with E-state index in [9.17, 15) is 5.11 Å². The number of aromatic nitrogens is 4. The molecule has 2 aromatic rings. The van der Waals surface area contributed by atoms with E-state index in [1.165, 1.54) is 0 Å². The number of aliphatic hydroxyl groups is 1. The van der Waals surface area contributed by atoms with E-state index in [0.717, 1.165) is 36.9 Å². The number of fused-ring (bicyclic) bond motifs is 1. The van der Waals surface area contributed by atoms with Crippen LogP contribution in [0.4, 0.5) is 5.82 Å². The van der Waals surface area contributed by atoms with Crippen LogP contribution in [0.1, 0.15) is 33.0 Å². The van der Waals surface area contributed by atoms with Gasteiger partial charge in [0.25, 0.3) is 0 Å². The number of anilines is 1. The SMILES string of the molecule is CC(C)(C)c1nnc2ccc(NCC(CO)C3CCOC3)nn12. The molecule has 2 aromatic heterocycles. The average molecular weight is 319 g/mol. The quantitative estimate of drug-likeness (QED) is 0.868. The minimum absolute atomic E-state index is 0.125. The second-order valence-electron chi connectivity index (χ2n) is 7.21. The molecule has 2 atom stereocenters. The van der Waals surface area contributed by atoms with Crippen LogP contribution in [0.3, 0.4) is 0 Å². The molecule has 0 aliphatic carbocycles. The Morgan fingerprint density at radius 2 is 2.22 bits per heavy atom. The van der Waals surface area contributed by atoms with Gasteiger partial charge in [0.15, 0.2) is 11.5 Å². The van der Waals surface area contributed by atoms with E-state index in [-0.39, 0.29) is 17.9 Å². The number of hydrogen-bond acceptors (Lipinski definition) is 6. The summed E-state index contributed by atoms with van der Waals surface area (Å²) < 4.78 is 7.20. The van der Waals surface area contributed by atoms with Crippen LogP contribution < -0.4 is 5.32 Å². The topological polar surface area (TPSA) is 84.6 Å². The highest BCUT2D eigenvalue weighted by Gasteiger charge is 2.25. The van der Waals surface area contributed by atoms with Crippen LogP contribution in [0.5, 0.6) is 0 Å². The predicted octanol–water partition coefficient (Wildman–Crippen LogP) is 1.48. The number of rotatable bonds is 5. The van der Waals surface area contributed by atoms with Gasteiger partial charge in [0.05, 0.1) is 0 Å². The summed E-state index contributed by atoms with van der Waals surface area (Å²) in [7, 11) is 0. The molecular weight excluding hydrogens is 294 g/mol. The molecule has 0 bridgehead atoms. The van der Waals surface area contributed by atoms with E-state index in [0.29, 0.717) is 12.5 Å². The number of aliphatic hydroxyl groups excluding tert-OH is 1. The Morgan fingerprint density at radius 3 is 2.87 bits per heavy atom. The first-order valence-corrected chi connectivity index (χ1v) is 8.14. The van der Waals surface area contributed by atoms with Crippen molar-refractivity contribution in [3.8, 4) is 0 Å². The minimum atomic E-state index is -0.125. The molecule has 1 aliphatic heterocycles. The maximum absolute atomic E-state index is 9.61. The van der Waals surface area contributed by atoms with Crippen molar-refractivity contribution in [3.63, 3.8) is 0 Å². The van der Waals surface area contributed by atoms with Gasteiger partial charge in [0.2, 0.25) is 0 Å². The van der Waals surface area contributed by atoms with Crippen LogP contribution in [0.2, 0.25) is 0 Å². The smallest absolute Gasteiger partial charge is 0.178 e. The summed E-state index contributed by atoms with van der Waals surface area (Å²) >= 11 is 0. The van der Waals surface area contributed by atoms with E-state index in [2.05, 4.69) is 41.4 Å². The van der Waals surface area contributed by atoms with Crippen molar-refractivity contribution in [2.45, 2.75) is 32.6 Å². The first-order chi connectivity index (χ1) is 11.0. The standard InChI is InChI=1S/C16H25N5O2/c1-16(2,3)15-19-18-14-5-4-13(20-21(14)15)17-8-12(9-22)11-6-7-23-10-11/h4-5,11-12,22H,6-10H2,1-3H3,(H,17,20). The summed E-state index contributed by atoms with van der Waals surface area (Å²) in [4.78, 5) is 0. The Balaban J connectivity index is 1.75. The summed E-state index contributed by atoms with van der Waals surface area (Å²) in [5.74, 6) is 2.19. The number of nitrogens with zero attached hydrogens (tertiary/aromatic N) is 4. The first-order valence-electron chi connectivity index (χ1n) is 8.14. The second-order valence-corrected chi connectivity index (χ2v) is 7.21. The zero-order valence-corrected chi connectivity index (χ0v) is 14.0. The maximum Gasteiger partial charge on any atom is 0.178 e. The Morgan fingerprint density at radius 1 is 1.39 bits per heavy atom. The van der Waals surface area contributed by atoms with Gasteiger partial charge in [-0.15, -0.1) is 15.3 Å². The lowest BCUT2D eigenvalue weighted by atomic mass is 9.92. The van der Waals surface area contributed by atoms with Crippen molar-refractivity contribution in [3.05, 3.63) is 18.0 Å². The molecule has 0 aromatic carbocycles. The van der Waals surface area contributed by atoms with Gasteiger partial charge in [0.1, 0.15) is 5.82 Å². The van der Waals surface area contributed by atoms with Crippen molar-refractivity contribution in [1.82, 2.24) is 19.8 Å². The zero-order valence-electron chi connectivity index (χ0n) is 14.0. The van der Waals surface area contributed by atoms with Gasteiger partial charge in [-0.05, 0) is 24.5 Å². The minimum Gasteiger partial charge on any atom is -0.396 e. The third-order valence-corrected chi connectivity index (χ3v) is 4.35. The fraction of sp³-hybridized carbons (Fsp3) is 0.688. The molecule has 2 N–H and O–H groups in total. The molecule has 0 amide bonds. The summed E-state index contributed by atoms with van der Waals surface area (Å²) in [6, 6.07) is 3.81. The van der Waals surface area contributed by atoms with Crippen LogP contribution in [0, 0.1) is 11.8 Å². The molecule has 0 spiro atoms. The van der Waals surface area contributed by atoms with Crippen molar-refractivity contribution in [2.24, 2.45) is 11.8 Å². The molecule has 1 aliphatic rings. The van der Waals surface area contributed by atoms with Crippen LogP contribution in [0.15, 0.2) is 12.1 Å². The molecule has 23 heavy (non-hydrogen) atoms. The Kier molecular flexibility index (Phi) is 4.50. The first kappa shape index (κ1) is 16.1. The molecule has 2 unspecified atom stereocenters. The van der Waals surface area contributed by atoms with Gasteiger partial charge >= 0.3 is 0 Å². The fourth-order valence-corrected chi connectivity index (χ4v) is 2.89. The number of ether oxygens (including phenoxy) is 1. The van der Waals surface area contributed by atoms with Crippen molar-refractivity contribution in [2.75, 3.05) is 31.7 Å². The largest absolute Gasteiger partial charge is 0.396 e. The Hall–Kier alpha value is -1.73. The van der Waals surface area contributed by atoms with Gasteiger partial charge in [-0.25, -0.2) is 0 Å². The highest BCUT2D eigenvalue weighted by molar-refractivity contribution is 5.44. The Bertz CT molecular complexity index is 658. The third kappa shape index (κ3) is 3.45. The van der Waals surface area contributed by atoms with Crippen molar-refractivity contribution in [1.29, 1.82) is 0 Å². The molecule has 7 nitrogen and oxygen atoms in total. The second kappa shape index (κ2) is 6.41. The van der Waals surface area contributed by atoms with Crippen LogP contribution in [-0.4, -0.2) is 51.3 Å². The highest BCUT2D eigenvalue weighted by atomic mass is 16.5. The van der Waals surface area contributed by atoms with E-state index >= 15 is 0 Å². The van der Waals surface area contributed by atoms with Crippen molar-refractivity contribution >= 4 is 11.5 Å². The summed E-state index contributed by atoms with van der Waals surface area (Å²) in [5.41, 5.74) is 0.614. The van der Waals surface area contributed by atoms with E-state index in [4.69, 9.17) is 4.74 Å². The predicted molar refractivity (Wildman–Crippen MR) is 87.5 cm³/mol. The summed E-state index contributed by atoms with van der Waals surface area (Å²) in [5, 5.41) is 26.0. The van der Waals surface area contributed by atoms with Crippen LogP contribution in [-0.2, 0) is 10.2 Å². The molecule has 1 fully saturated rings. The normalized spacial score (nSPS) is 20.1. The zero-order chi connectivity index (χ0) is 16.4.